The van der Waals surface area contributed by atoms with Gasteiger partial charge in [0.1, 0.15) is 5.76 Å². The van der Waals surface area contributed by atoms with Crippen LogP contribution in [-0.2, 0) is 14.4 Å². The Morgan fingerprint density at radius 1 is 0.776 bits per heavy atom. The topological polar surface area (TPSA) is 102 Å². The maximum absolute atomic E-state index is 14.9. The van der Waals surface area contributed by atoms with Crippen LogP contribution in [0.3, 0.4) is 0 Å². The van der Waals surface area contributed by atoms with Crippen molar-refractivity contribution >= 4 is 40.3 Å². The molecule has 58 heavy (non-hydrogen) atoms. The third-order valence-corrected chi connectivity index (χ3v) is 15.3. The quantitative estimate of drug-likeness (QED) is 0.183. The summed E-state index contributed by atoms with van der Waals surface area (Å²) in [5.41, 5.74) is 2.00. The second-order valence-corrected chi connectivity index (χ2v) is 20.7. The summed E-state index contributed by atoms with van der Waals surface area (Å²) in [7, 11) is 0. The van der Waals surface area contributed by atoms with Gasteiger partial charge in [-0.05, 0) is 86.8 Å². The molecule has 1 aromatic rings. The maximum Gasteiger partial charge on any atom is 0.277 e. The Labute approximate surface area is 349 Å². The van der Waals surface area contributed by atoms with Crippen molar-refractivity contribution in [2.24, 2.45) is 39.6 Å². The van der Waals surface area contributed by atoms with E-state index in [4.69, 9.17) is 5.10 Å². The Hall–Kier alpha value is -3.42. The Bertz CT molecular complexity index is 1740. The summed E-state index contributed by atoms with van der Waals surface area (Å²) in [5, 5.41) is 22.2. The molecule has 4 fully saturated rings. The van der Waals surface area contributed by atoms with Crippen molar-refractivity contribution in [1.82, 2.24) is 5.01 Å². The molecular formula is C50H74N4O4. The number of ketones is 1. The highest BCUT2D eigenvalue weighted by molar-refractivity contribution is 6.45. The largest absolute Gasteiger partial charge is 0.506 e. The molecule has 4 saturated carbocycles. The number of hydrazone groups is 1. The van der Waals surface area contributed by atoms with Crippen molar-refractivity contribution in [1.29, 1.82) is 0 Å². The number of nitrogens with zero attached hydrogens (tertiary/aromatic N) is 3. The van der Waals surface area contributed by atoms with Gasteiger partial charge in [-0.25, -0.2) is 5.01 Å². The van der Waals surface area contributed by atoms with Gasteiger partial charge >= 0.3 is 0 Å². The zero-order valence-electron chi connectivity index (χ0n) is 36.9. The van der Waals surface area contributed by atoms with Crippen LogP contribution in [0.5, 0.6) is 0 Å². The van der Waals surface area contributed by atoms with E-state index in [1.165, 1.54) is 89.9 Å². The Morgan fingerprint density at radius 3 is 1.78 bits per heavy atom. The van der Waals surface area contributed by atoms with Gasteiger partial charge < -0.3 is 15.3 Å². The van der Waals surface area contributed by atoms with Crippen molar-refractivity contribution in [3.63, 3.8) is 0 Å². The fourth-order valence-electron chi connectivity index (χ4n) is 11.1. The molecule has 5 aliphatic carbocycles. The lowest BCUT2D eigenvalue weighted by atomic mass is 9.73. The number of carbonyl (C=O) groups is 3. The molecule has 8 heteroatoms. The third-order valence-electron chi connectivity index (χ3n) is 15.3. The SMILES string of the molecule is CCC(C)(C)C(=O)Nc1cc(N(CCC2CCCC2)CCC2CCCC2)ccc1C1=C(O)C(=C2C(=O)N(C(C3CCCCC3)C3CCCCC3)N=C2C(C)(C)C)C1=O. The minimum Gasteiger partial charge on any atom is -0.506 e. The summed E-state index contributed by atoms with van der Waals surface area (Å²) in [4.78, 5) is 45.8. The molecule has 0 atom stereocenters. The van der Waals surface area contributed by atoms with Gasteiger partial charge in [0.25, 0.3) is 5.91 Å². The van der Waals surface area contributed by atoms with E-state index >= 15 is 0 Å². The number of hydrogen-bond acceptors (Lipinski definition) is 6. The Morgan fingerprint density at radius 2 is 1.29 bits per heavy atom. The lowest BCUT2D eigenvalue weighted by Crippen LogP contribution is -2.46. The highest BCUT2D eigenvalue weighted by Gasteiger charge is 2.50. The van der Waals surface area contributed by atoms with E-state index in [0.717, 1.165) is 69.1 Å². The van der Waals surface area contributed by atoms with Gasteiger partial charge in [0.15, 0.2) is 0 Å². The zero-order valence-corrected chi connectivity index (χ0v) is 36.9. The van der Waals surface area contributed by atoms with Gasteiger partial charge in [0.05, 0.1) is 34.2 Å². The monoisotopic (exact) mass is 795 g/mol. The minimum atomic E-state index is -0.629. The fraction of sp³-hybridized carbons (Fsp3) is 0.720. The first-order valence-electron chi connectivity index (χ1n) is 23.6. The minimum absolute atomic E-state index is 0.00545. The molecule has 318 valence electrons. The van der Waals surface area contributed by atoms with Crippen LogP contribution >= 0.6 is 0 Å². The first-order valence-corrected chi connectivity index (χ1v) is 23.6. The van der Waals surface area contributed by atoms with E-state index < -0.39 is 10.8 Å². The van der Waals surface area contributed by atoms with E-state index in [9.17, 15) is 19.5 Å². The van der Waals surface area contributed by atoms with Gasteiger partial charge in [-0.3, -0.25) is 14.4 Å². The van der Waals surface area contributed by atoms with Gasteiger partial charge in [0, 0.05) is 35.2 Å². The maximum atomic E-state index is 14.9. The molecule has 0 saturated heterocycles. The number of aliphatic hydroxyl groups excluding tert-OH is 1. The lowest BCUT2D eigenvalue weighted by molar-refractivity contribution is -0.131. The molecule has 1 aromatic carbocycles. The number of rotatable bonds is 14. The highest BCUT2D eigenvalue weighted by Crippen LogP contribution is 2.47. The van der Waals surface area contributed by atoms with Gasteiger partial charge in [-0.15, -0.1) is 0 Å². The van der Waals surface area contributed by atoms with Crippen molar-refractivity contribution in [3.05, 3.63) is 40.7 Å². The summed E-state index contributed by atoms with van der Waals surface area (Å²) >= 11 is 0. The first kappa shape index (κ1) is 42.7. The van der Waals surface area contributed by atoms with Crippen molar-refractivity contribution in [2.75, 3.05) is 23.3 Å². The predicted molar refractivity (Wildman–Crippen MR) is 237 cm³/mol. The molecule has 0 bridgehead atoms. The number of anilines is 2. The van der Waals surface area contributed by atoms with Gasteiger partial charge in [0.2, 0.25) is 11.7 Å². The highest BCUT2D eigenvalue weighted by atomic mass is 16.3. The molecule has 0 spiro atoms. The summed E-state index contributed by atoms with van der Waals surface area (Å²) in [6.45, 7) is 13.9. The van der Waals surface area contributed by atoms with Crippen LogP contribution in [0, 0.1) is 34.5 Å². The number of carbonyl (C=O) groups excluding carboxylic acids is 3. The van der Waals surface area contributed by atoms with Crippen molar-refractivity contribution in [3.8, 4) is 0 Å². The number of Topliss-reactive ketones (excluding diaryl/α,β-unsaturated/α-hetero) is 1. The molecule has 8 nitrogen and oxygen atoms in total. The normalized spacial score (nSPS) is 23.4. The number of nitrogens with one attached hydrogen (secondary N) is 1. The second-order valence-electron chi connectivity index (χ2n) is 20.7. The van der Waals surface area contributed by atoms with Crippen molar-refractivity contribution in [2.45, 2.75) is 182 Å². The molecule has 0 radical (unpaired) electrons. The zero-order chi connectivity index (χ0) is 41.2. The predicted octanol–water partition coefficient (Wildman–Crippen LogP) is 12.0. The molecule has 2 amide bonds. The average molecular weight is 795 g/mol. The first-order chi connectivity index (χ1) is 27.8. The number of benzene rings is 1. The molecule has 7 rings (SSSR count). The second kappa shape index (κ2) is 18.1. The number of amides is 2. The van der Waals surface area contributed by atoms with E-state index in [0.29, 0.717) is 35.2 Å². The smallest absolute Gasteiger partial charge is 0.277 e. The number of allylic oxidation sites excluding steroid dienone is 2. The fourth-order valence-corrected chi connectivity index (χ4v) is 11.1. The summed E-state index contributed by atoms with van der Waals surface area (Å²) < 4.78 is 0. The molecule has 1 aliphatic heterocycles. The van der Waals surface area contributed by atoms with Crippen LogP contribution in [0.4, 0.5) is 11.4 Å². The molecule has 0 aromatic heterocycles. The van der Waals surface area contributed by atoms with Crippen LogP contribution in [0.1, 0.15) is 182 Å². The molecule has 1 heterocycles. The van der Waals surface area contributed by atoms with Crippen LogP contribution < -0.4 is 10.2 Å². The Balaban J connectivity index is 1.26. The van der Waals surface area contributed by atoms with Gasteiger partial charge in [-0.1, -0.05) is 131 Å². The van der Waals surface area contributed by atoms with Crippen LogP contribution in [-0.4, -0.2) is 52.6 Å². The average Bonchev–Trinajstić information content (AvgIpc) is 4.00. The summed E-state index contributed by atoms with van der Waals surface area (Å²) in [6, 6.07) is 6.02. The lowest BCUT2D eigenvalue weighted by Gasteiger charge is -2.41. The van der Waals surface area contributed by atoms with Crippen LogP contribution in [0.2, 0.25) is 0 Å². The van der Waals surface area contributed by atoms with E-state index in [1.807, 2.05) is 53.7 Å². The van der Waals surface area contributed by atoms with Crippen LogP contribution in [0.25, 0.3) is 5.57 Å². The summed E-state index contributed by atoms with van der Waals surface area (Å²) in [5.74, 6) is 1.40. The summed E-state index contributed by atoms with van der Waals surface area (Å²) in [6.07, 6.45) is 25.1. The van der Waals surface area contributed by atoms with E-state index in [-0.39, 0.29) is 46.1 Å². The molecular weight excluding hydrogens is 721 g/mol. The van der Waals surface area contributed by atoms with Gasteiger partial charge in [-0.2, -0.15) is 5.10 Å². The van der Waals surface area contributed by atoms with Crippen LogP contribution in [0.15, 0.2) is 40.2 Å². The number of hydrogen-bond donors (Lipinski definition) is 2. The van der Waals surface area contributed by atoms with E-state index in [2.05, 4.69) is 16.3 Å². The molecule has 6 aliphatic rings. The van der Waals surface area contributed by atoms with E-state index in [1.54, 1.807) is 5.01 Å². The third kappa shape index (κ3) is 9.01. The standard InChI is InChI=1S/C50H74N4O4/c1-7-50(5,6)48(58)51-39-32-37(53(30-28-33-18-14-15-19-33)31-29-34-20-16-17-21-34)26-27-38(39)40-44(55)41(45(40)56)42-46(49(2,3)4)52-54(47(42)57)43(35-22-10-8-11-23-35)36-24-12-9-13-25-36/h26-27,32-36,43,55H,7-25,28-31H2,1-6H3,(H,51,58). The van der Waals surface area contributed by atoms with Crippen molar-refractivity contribution < 1.29 is 19.5 Å². The molecule has 0 unspecified atom stereocenters. The number of aliphatic hydroxyl groups is 1. The molecule has 2 N–H and O–H groups in total. The Kier molecular flexibility index (Phi) is 13.3.